The first kappa shape index (κ1) is 53.5. The molecule has 0 radical (unpaired) electrons. The summed E-state index contributed by atoms with van der Waals surface area (Å²) < 4.78 is 2.84. The topological polar surface area (TPSA) is 40.1 Å². The van der Waals surface area contributed by atoms with Crippen molar-refractivity contribution in [2.45, 2.75) is 216 Å². The summed E-state index contributed by atoms with van der Waals surface area (Å²) in [7, 11) is 0. The Balaban J connectivity index is -0.000000297. The Kier molecular flexibility index (Phi) is 47.6. The van der Waals surface area contributed by atoms with Crippen LogP contribution in [0.4, 0.5) is 0 Å². The Morgan fingerprint density at radius 3 is 0.723 bits per heavy atom. The zero-order valence-corrected chi connectivity index (χ0v) is 35.0. The summed E-state index contributed by atoms with van der Waals surface area (Å²) >= 11 is 0. The highest BCUT2D eigenvalue weighted by molar-refractivity contribution is 5.64. The first-order valence-corrected chi connectivity index (χ1v) is 21.2. The number of hydrogen-bond acceptors (Lipinski definition) is 2. The van der Waals surface area contributed by atoms with Gasteiger partial charge in [0.2, 0.25) is 0 Å². The molecule has 288 valence electrons. The van der Waals surface area contributed by atoms with E-state index >= 15 is 0 Å². The summed E-state index contributed by atoms with van der Waals surface area (Å²) in [6.45, 7) is 32.2. The summed E-state index contributed by atoms with van der Waals surface area (Å²) in [5.74, 6) is -0.913. The smallest absolute Gasteiger partial charge is 0.0786 e. The fourth-order valence-electron chi connectivity index (χ4n) is 6.52. The number of nitrogens with zero attached hydrogens (tertiary/aromatic N) is 2. The third kappa shape index (κ3) is 36.8. The van der Waals surface area contributed by atoms with Gasteiger partial charge in [-0.15, -0.1) is 0 Å². The van der Waals surface area contributed by atoms with Gasteiger partial charge in [-0.3, -0.25) is 0 Å². The van der Waals surface area contributed by atoms with Gasteiger partial charge in [-0.25, -0.2) is 0 Å². The van der Waals surface area contributed by atoms with Crippen LogP contribution in [0.1, 0.15) is 216 Å². The molecule has 0 unspecified atom stereocenters. The molecule has 0 saturated heterocycles. The summed E-state index contributed by atoms with van der Waals surface area (Å²) in [6, 6.07) is 0. The van der Waals surface area contributed by atoms with E-state index in [4.69, 9.17) is 0 Å². The summed E-state index contributed by atoms with van der Waals surface area (Å²) in [5, 5.41) is 10.0. The van der Waals surface area contributed by atoms with E-state index < -0.39 is 5.97 Å². The monoisotopic (exact) mass is 691 g/mol. The van der Waals surface area contributed by atoms with Crippen molar-refractivity contribution >= 4 is 5.97 Å². The van der Waals surface area contributed by atoms with Gasteiger partial charge in [0, 0.05) is 5.97 Å². The molecule has 5 heteroatoms. The van der Waals surface area contributed by atoms with Gasteiger partial charge in [0.1, 0.15) is 0 Å². The van der Waals surface area contributed by atoms with Crippen LogP contribution in [0, 0.1) is 0 Å². The summed E-state index contributed by atoms with van der Waals surface area (Å²) in [6.07, 6.45) is 30.5. The third-order valence-corrected chi connectivity index (χ3v) is 9.87. The van der Waals surface area contributed by atoms with Gasteiger partial charge in [0.15, 0.2) is 0 Å². The van der Waals surface area contributed by atoms with E-state index in [0.29, 0.717) is 0 Å². The number of carboxylic acids is 1. The van der Waals surface area contributed by atoms with Gasteiger partial charge >= 0.3 is 0 Å². The second-order valence-corrected chi connectivity index (χ2v) is 14.5. The van der Waals surface area contributed by atoms with Gasteiger partial charge in [-0.05, 0) is 64.2 Å². The SMILES string of the molecule is CCCCCCCCCC(=O)[O-].CCCC[N+](CCCC)(CCCC)CCCC.CCCC[N+](CCCC)(CCCC)CCCC.[Cl-]. The molecule has 0 aliphatic rings. The van der Waals surface area contributed by atoms with Crippen LogP contribution >= 0.6 is 0 Å². The van der Waals surface area contributed by atoms with Crippen molar-refractivity contribution in [2.24, 2.45) is 0 Å². The van der Waals surface area contributed by atoms with Gasteiger partial charge < -0.3 is 31.3 Å². The van der Waals surface area contributed by atoms with Crippen molar-refractivity contribution in [1.29, 1.82) is 0 Å². The molecule has 0 atom stereocenters. The molecule has 0 bridgehead atoms. The fraction of sp³-hybridized carbons (Fsp3) is 0.976. The Morgan fingerprint density at radius 2 is 0.532 bits per heavy atom. The van der Waals surface area contributed by atoms with Crippen LogP contribution in [-0.2, 0) is 4.79 Å². The van der Waals surface area contributed by atoms with Gasteiger partial charge in [-0.2, -0.15) is 0 Å². The molecule has 0 saturated carbocycles. The molecule has 0 fully saturated rings. The summed E-state index contributed by atoms with van der Waals surface area (Å²) in [4.78, 5) is 10.0. The minimum absolute atomic E-state index is 0. The first-order valence-electron chi connectivity index (χ1n) is 21.2. The molecule has 0 heterocycles. The second kappa shape index (κ2) is 41.8. The maximum absolute atomic E-state index is 10.0. The molecule has 0 aromatic rings. The second-order valence-electron chi connectivity index (χ2n) is 14.5. The number of quaternary nitrogens is 2. The van der Waals surface area contributed by atoms with E-state index in [1.54, 1.807) is 0 Å². The lowest BCUT2D eigenvalue weighted by Gasteiger charge is -2.39. The third-order valence-electron chi connectivity index (χ3n) is 9.87. The van der Waals surface area contributed by atoms with Crippen LogP contribution in [0.2, 0.25) is 0 Å². The minimum Gasteiger partial charge on any atom is -1.00 e. The number of hydrogen-bond donors (Lipinski definition) is 0. The van der Waals surface area contributed by atoms with E-state index in [1.807, 2.05) is 0 Å². The average molecular weight is 692 g/mol. The molecule has 0 amide bonds. The van der Waals surface area contributed by atoms with Crippen LogP contribution in [0.25, 0.3) is 0 Å². The minimum atomic E-state index is -0.913. The van der Waals surface area contributed by atoms with Gasteiger partial charge in [-0.1, -0.05) is 152 Å². The molecular weight excluding hydrogens is 600 g/mol. The van der Waals surface area contributed by atoms with Crippen molar-refractivity contribution in [3.63, 3.8) is 0 Å². The molecule has 0 aromatic carbocycles. The van der Waals surface area contributed by atoms with Crippen LogP contribution in [-0.4, -0.2) is 67.3 Å². The van der Waals surface area contributed by atoms with Crippen molar-refractivity contribution in [3.05, 3.63) is 0 Å². The average Bonchev–Trinajstić information content (AvgIpc) is 3.07. The number of aliphatic carboxylic acids is 1. The van der Waals surface area contributed by atoms with Gasteiger partial charge in [0.05, 0.1) is 52.4 Å². The predicted molar refractivity (Wildman–Crippen MR) is 206 cm³/mol. The Labute approximate surface area is 305 Å². The Hall–Kier alpha value is -0.320. The Bertz CT molecular complexity index is 476. The maximum Gasteiger partial charge on any atom is 0.0786 e. The fourth-order valence-corrected chi connectivity index (χ4v) is 6.52. The quantitative estimate of drug-likeness (QED) is 0.0523. The predicted octanol–water partition coefficient (Wildman–Crippen LogP) is 8.89. The highest BCUT2D eigenvalue weighted by Crippen LogP contribution is 2.18. The molecular formula is C42H91ClN2O2. The molecule has 0 rings (SSSR count). The molecule has 0 spiro atoms. The van der Waals surface area contributed by atoms with Crippen LogP contribution in [0.5, 0.6) is 0 Å². The van der Waals surface area contributed by atoms with E-state index in [2.05, 4.69) is 62.3 Å². The molecule has 0 N–H and O–H groups in total. The molecule has 0 aromatic heterocycles. The zero-order valence-electron chi connectivity index (χ0n) is 34.2. The van der Waals surface area contributed by atoms with Crippen LogP contribution in [0.3, 0.4) is 0 Å². The number of unbranched alkanes of at least 4 members (excludes halogenated alkanes) is 14. The lowest BCUT2D eigenvalue weighted by molar-refractivity contribution is -0.929. The number of carbonyl (C=O) groups excluding carboxylic acids is 1. The van der Waals surface area contributed by atoms with Crippen molar-refractivity contribution in [2.75, 3.05) is 52.4 Å². The summed E-state index contributed by atoms with van der Waals surface area (Å²) in [5.41, 5.74) is 0. The van der Waals surface area contributed by atoms with Crippen LogP contribution in [0.15, 0.2) is 0 Å². The normalized spacial score (nSPS) is 11.3. The van der Waals surface area contributed by atoms with Crippen molar-refractivity contribution in [1.82, 2.24) is 0 Å². The first-order chi connectivity index (χ1) is 22.3. The highest BCUT2D eigenvalue weighted by atomic mass is 35.5. The van der Waals surface area contributed by atoms with E-state index in [-0.39, 0.29) is 18.8 Å². The molecule has 0 aliphatic heterocycles. The van der Waals surface area contributed by atoms with Crippen LogP contribution < -0.4 is 17.5 Å². The number of rotatable bonds is 32. The number of carbonyl (C=O) groups is 1. The van der Waals surface area contributed by atoms with E-state index in [1.165, 1.54) is 196 Å². The Morgan fingerprint density at radius 1 is 0.340 bits per heavy atom. The molecule has 47 heavy (non-hydrogen) atoms. The molecule has 0 aliphatic carbocycles. The lowest BCUT2D eigenvalue weighted by Crippen LogP contribution is -3.00. The lowest BCUT2D eigenvalue weighted by atomic mass is 10.1. The van der Waals surface area contributed by atoms with E-state index in [0.717, 1.165) is 12.8 Å². The maximum atomic E-state index is 10.0. The van der Waals surface area contributed by atoms with Crippen molar-refractivity contribution in [3.8, 4) is 0 Å². The van der Waals surface area contributed by atoms with E-state index in [9.17, 15) is 9.90 Å². The number of halogens is 1. The largest absolute Gasteiger partial charge is 1.00 e. The molecule has 4 nitrogen and oxygen atoms in total. The standard InChI is InChI=1S/2C16H36N.C10H20O2.ClH/c2*1-5-9-13-17(14-10-6-2,15-11-7-3)16-12-8-4;1-2-3-4-5-6-7-8-9-10(11)12;/h2*5-16H2,1-4H3;2-9H2,1H3,(H,11,12);1H/q2*+1;;/p-2. The van der Waals surface area contributed by atoms with Crippen molar-refractivity contribution < 1.29 is 31.3 Å². The van der Waals surface area contributed by atoms with Gasteiger partial charge in [0.25, 0.3) is 0 Å². The highest BCUT2D eigenvalue weighted by Gasteiger charge is 2.25. The number of carboxylic acid groups (broad SMARTS) is 1. The zero-order chi connectivity index (χ0) is 35.2.